The SMILES string of the molecule is C#CC(CC)(CCCc1cccc(Oc2ccccc2)c1)c1ccc(OCC=C)cc1. The van der Waals surface area contributed by atoms with Crippen LogP contribution < -0.4 is 9.47 Å². The average Bonchev–Trinajstić information content (AvgIpc) is 2.82. The van der Waals surface area contributed by atoms with Gasteiger partial charge >= 0.3 is 0 Å². The fraction of sp³-hybridized carbons (Fsp3) is 0.241. The molecule has 0 saturated carbocycles. The van der Waals surface area contributed by atoms with Crippen LogP contribution in [-0.4, -0.2) is 6.61 Å². The van der Waals surface area contributed by atoms with Gasteiger partial charge in [-0.3, -0.25) is 0 Å². The summed E-state index contributed by atoms with van der Waals surface area (Å²) < 4.78 is 11.6. The molecule has 3 rings (SSSR count). The number of aryl methyl sites for hydroxylation is 1. The molecule has 3 aromatic rings. The first kappa shape index (κ1) is 22.2. The Balaban J connectivity index is 1.63. The van der Waals surface area contributed by atoms with Crippen LogP contribution in [0.1, 0.15) is 37.3 Å². The van der Waals surface area contributed by atoms with Gasteiger partial charge in [0.05, 0.1) is 5.41 Å². The number of para-hydroxylation sites is 1. The number of rotatable bonds is 11. The number of ether oxygens (including phenoxy) is 2. The first-order chi connectivity index (χ1) is 15.2. The van der Waals surface area contributed by atoms with E-state index in [-0.39, 0.29) is 5.41 Å². The predicted octanol–water partition coefficient (Wildman–Crippen LogP) is 7.35. The lowest BCUT2D eigenvalue weighted by atomic mass is 9.75. The minimum atomic E-state index is -0.269. The molecule has 0 fully saturated rings. The third kappa shape index (κ3) is 6.03. The molecule has 0 bridgehead atoms. The second-order valence-corrected chi connectivity index (χ2v) is 7.62. The number of hydrogen-bond donors (Lipinski definition) is 0. The highest BCUT2D eigenvalue weighted by molar-refractivity contribution is 5.38. The molecule has 0 aliphatic heterocycles. The number of hydrogen-bond acceptors (Lipinski definition) is 2. The van der Waals surface area contributed by atoms with Crippen LogP contribution in [0, 0.1) is 12.3 Å². The van der Waals surface area contributed by atoms with Gasteiger partial charge in [-0.2, -0.15) is 0 Å². The Labute approximate surface area is 186 Å². The zero-order chi connectivity index (χ0) is 21.9. The van der Waals surface area contributed by atoms with Crippen LogP contribution in [0.4, 0.5) is 0 Å². The largest absolute Gasteiger partial charge is 0.490 e. The molecule has 0 aliphatic carbocycles. The summed E-state index contributed by atoms with van der Waals surface area (Å²) in [5.41, 5.74) is 2.16. The quantitative estimate of drug-likeness (QED) is 0.243. The maximum absolute atomic E-state index is 6.04. The van der Waals surface area contributed by atoms with Crippen molar-refractivity contribution in [2.75, 3.05) is 6.61 Å². The van der Waals surface area contributed by atoms with Gasteiger partial charge in [-0.05, 0) is 73.2 Å². The van der Waals surface area contributed by atoms with Gasteiger partial charge in [0, 0.05) is 0 Å². The van der Waals surface area contributed by atoms with Gasteiger partial charge < -0.3 is 9.47 Å². The number of terminal acetylenes is 1. The maximum atomic E-state index is 6.04. The minimum absolute atomic E-state index is 0.269. The molecule has 3 aromatic carbocycles. The van der Waals surface area contributed by atoms with Gasteiger partial charge in [0.15, 0.2) is 0 Å². The van der Waals surface area contributed by atoms with E-state index >= 15 is 0 Å². The van der Waals surface area contributed by atoms with Crippen molar-refractivity contribution < 1.29 is 9.47 Å². The lowest BCUT2D eigenvalue weighted by molar-refractivity contribution is 0.362. The van der Waals surface area contributed by atoms with Crippen molar-refractivity contribution in [1.29, 1.82) is 0 Å². The van der Waals surface area contributed by atoms with Crippen molar-refractivity contribution in [1.82, 2.24) is 0 Å². The van der Waals surface area contributed by atoms with Gasteiger partial charge in [0.25, 0.3) is 0 Å². The normalized spacial score (nSPS) is 12.4. The smallest absolute Gasteiger partial charge is 0.127 e. The van der Waals surface area contributed by atoms with Crippen molar-refractivity contribution >= 4 is 0 Å². The molecule has 1 unspecified atom stereocenters. The van der Waals surface area contributed by atoms with Crippen molar-refractivity contribution in [2.24, 2.45) is 0 Å². The van der Waals surface area contributed by atoms with E-state index in [1.807, 2.05) is 54.6 Å². The summed E-state index contributed by atoms with van der Waals surface area (Å²) in [6, 6.07) is 26.3. The van der Waals surface area contributed by atoms with Gasteiger partial charge in [-0.1, -0.05) is 68.0 Å². The Morgan fingerprint density at radius 3 is 2.35 bits per heavy atom. The molecule has 0 N–H and O–H groups in total. The highest BCUT2D eigenvalue weighted by atomic mass is 16.5. The van der Waals surface area contributed by atoms with E-state index in [0.717, 1.165) is 42.9 Å². The summed E-state index contributed by atoms with van der Waals surface area (Å²) in [6.07, 6.45) is 11.6. The number of benzene rings is 3. The molecular formula is C29H30O2. The van der Waals surface area contributed by atoms with E-state index in [1.165, 1.54) is 11.1 Å². The molecular weight excluding hydrogens is 380 g/mol. The molecule has 0 heterocycles. The molecule has 2 nitrogen and oxygen atoms in total. The van der Waals surface area contributed by atoms with E-state index in [1.54, 1.807) is 6.08 Å². The lowest BCUT2D eigenvalue weighted by Gasteiger charge is -2.28. The van der Waals surface area contributed by atoms with Crippen molar-refractivity contribution in [2.45, 2.75) is 38.0 Å². The fourth-order valence-electron chi connectivity index (χ4n) is 3.79. The molecule has 158 valence electrons. The van der Waals surface area contributed by atoms with Crippen molar-refractivity contribution in [3.63, 3.8) is 0 Å². The zero-order valence-corrected chi connectivity index (χ0v) is 18.2. The molecule has 31 heavy (non-hydrogen) atoms. The zero-order valence-electron chi connectivity index (χ0n) is 18.2. The summed E-state index contributed by atoms with van der Waals surface area (Å²) in [5, 5.41) is 0. The van der Waals surface area contributed by atoms with Gasteiger partial charge in [-0.25, -0.2) is 0 Å². The minimum Gasteiger partial charge on any atom is -0.490 e. The van der Waals surface area contributed by atoms with Crippen molar-refractivity contribution in [3.05, 3.63) is 103 Å². The van der Waals surface area contributed by atoms with Gasteiger partial charge in [0.1, 0.15) is 23.9 Å². The van der Waals surface area contributed by atoms with Crippen LogP contribution in [-0.2, 0) is 11.8 Å². The highest BCUT2D eigenvalue weighted by Crippen LogP contribution is 2.34. The first-order valence-electron chi connectivity index (χ1n) is 10.8. The van der Waals surface area contributed by atoms with E-state index in [4.69, 9.17) is 15.9 Å². The summed E-state index contributed by atoms with van der Waals surface area (Å²) in [7, 11) is 0. The first-order valence-corrected chi connectivity index (χ1v) is 10.8. The van der Waals surface area contributed by atoms with Crippen LogP contribution in [0.2, 0.25) is 0 Å². The summed E-state index contributed by atoms with van der Waals surface area (Å²) in [4.78, 5) is 0. The summed E-state index contributed by atoms with van der Waals surface area (Å²) in [6.45, 7) is 6.35. The Bertz CT molecular complexity index is 999. The predicted molar refractivity (Wildman–Crippen MR) is 129 cm³/mol. The highest BCUT2D eigenvalue weighted by Gasteiger charge is 2.27. The topological polar surface area (TPSA) is 18.5 Å². The summed E-state index contributed by atoms with van der Waals surface area (Å²) >= 11 is 0. The maximum Gasteiger partial charge on any atom is 0.127 e. The Kier molecular flexibility index (Phi) is 7.96. The third-order valence-corrected chi connectivity index (χ3v) is 5.60. The Morgan fingerprint density at radius 2 is 1.68 bits per heavy atom. The summed E-state index contributed by atoms with van der Waals surface area (Å²) in [5.74, 6) is 5.63. The second kappa shape index (κ2) is 11.1. The molecule has 0 saturated heterocycles. The van der Waals surface area contributed by atoms with Crippen LogP contribution >= 0.6 is 0 Å². The monoisotopic (exact) mass is 410 g/mol. The second-order valence-electron chi connectivity index (χ2n) is 7.62. The molecule has 2 heteroatoms. The Morgan fingerprint density at radius 1 is 0.935 bits per heavy atom. The lowest BCUT2D eigenvalue weighted by Crippen LogP contribution is -2.23. The molecule has 0 radical (unpaired) electrons. The van der Waals surface area contributed by atoms with E-state index in [0.29, 0.717) is 6.61 Å². The van der Waals surface area contributed by atoms with Crippen LogP contribution in [0.3, 0.4) is 0 Å². The van der Waals surface area contributed by atoms with Crippen LogP contribution in [0.25, 0.3) is 0 Å². The third-order valence-electron chi connectivity index (χ3n) is 5.60. The molecule has 0 spiro atoms. The molecule has 0 aromatic heterocycles. The van der Waals surface area contributed by atoms with Gasteiger partial charge in [0.2, 0.25) is 0 Å². The molecule has 1 atom stereocenters. The van der Waals surface area contributed by atoms with Crippen LogP contribution in [0.15, 0.2) is 91.5 Å². The van der Waals surface area contributed by atoms with Crippen molar-refractivity contribution in [3.8, 4) is 29.6 Å². The average molecular weight is 411 g/mol. The van der Waals surface area contributed by atoms with E-state index in [2.05, 4.69) is 43.7 Å². The fourth-order valence-corrected chi connectivity index (χ4v) is 3.79. The Hall–Kier alpha value is -3.44. The van der Waals surface area contributed by atoms with Crippen LogP contribution in [0.5, 0.6) is 17.2 Å². The van der Waals surface area contributed by atoms with E-state index < -0.39 is 0 Å². The molecule has 0 amide bonds. The standard InChI is InChI=1S/C29H30O2/c1-4-22-30-26-19-17-25(18-20-26)29(5-2,6-3)21-11-13-24-12-10-16-28(23-24)31-27-14-8-7-9-15-27/h2,4,7-10,12,14-20,23H,1,6,11,13,21-22H2,3H3. The van der Waals surface area contributed by atoms with E-state index in [9.17, 15) is 0 Å². The molecule has 0 aliphatic rings. The van der Waals surface area contributed by atoms with Gasteiger partial charge in [-0.15, -0.1) is 6.42 Å².